The molecule has 4 heteroatoms. The molecule has 1 rings (SSSR count). The third-order valence-corrected chi connectivity index (χ3v) is 2.26. The highest BCUT2D eigenvalue weighted by molar-refractivity contribution is 7.98. The number of aromatic nitrogens is 1. The monoisotopic (exact) mass is 197 g/mol. The van der Waals surface area contributed by atoms with Crippen molar-refractivity contribution >= 4 is 23.3 Å². The van der Waals surface area contributed by atoms with E-state index in [1.54, 1.807) is 11.8 Å². The molecule has 0 aliphatic carbocycles. The summed E-state index contributed by atoms with van der Waals surface area (Å²) in [7, 11) is 0. The third kappa shape index (κ3) is 3.14. The molecule has 1 heterocycles. The fraction of sp³-hybridized carbons (Fsp3) is 0.444. The van der Waals surface area contributed by atoms with Crippen LogP contribution in [0.2, 0.25) is 0 Å². The highest BCUT2D eigenvalue weighted by Gasteiger charge is 1.98. The van der Waals surface area contributed by atoms with Gasteiger partial charge in [0.05, 0.1) is 5.69 Å². The van der Waals surface area contributed by atoms with Gasteiger partial charge in [-0.05, 0) is 24.8 Å². The molecule has 0 fully saturated rings. The minimum Gasteiger partial charge on any atom is -0.396 e. The van der Waals surface area contributed by atoms with Crippen LogP contribution in [-0.4, -0.2) is 23.5 Å². The fourth-order valence-electron chi connectivity index (χ4n) is 1.01. The van der Waals surface area contributed by atoms with Crippen LogP contribution in [0.1, 0.15) is 5.56 Å². The van der Waals surface area contributed by atoms with Gasteiger partial charge in [-0.3, -0.25) is 0 Å². The summed E-state index contributed by atoms with van der Waals surface area (Å²) >= 11 is 1.80. The topological polar surface area (TPSA) is 50.9 Å². The maximum Gasteiger partial charge on any atom is 0.149 e. The number of anilines is 2. The van der Waals surface area contributed by atoms with E-state index in [0.717, 1.165) is 29.4 Å². The number of aryl methyl sites for hydroxylation is 1. The molecule has 0 amide bonds. The minimum atomic E-state index is 0.723. The average Bonchev–Trinajstić information content (AvgIpc) is 2.09. The first-order valence-electron chi connectivity index (χ1n) is 4.19. The number of hydrogen-bond acceptors (Lipinski definition) is 4. The predicted octanol–water partition coefficient (Wildman–Crippen LogP) is 1.75. The van der Waals surface area contributed by atoms with Crippen molar-refractivity contribution in [3.8, 4) is 0 Å². The lowest BCUT2D eigenvalue weighted by Gasteiger charge is -2.07. The standard InChI is InChI=1S/C9H15N3S/c1-7-5-8(10)9(12-6-7)11-3-4-13-2/h5-6H,3-4,10H2,1-2H3,(H,11,12). The number of hydrogen-bond donors (Lipinski definition) is 2. The Morgan fingerprint density at radius 2 is 2.38 bits per heavy atom. The SMILES string of the molecule is CSCCNc1ncc(C)cc1N. The van der Waals surface area contributed by atoms with Crippen LogP contribution in [0.4, 0.5) is 11.5 Å². The van der Waals surface area contributed by atoms with Crippen LogP contribution in [0, 0.1) is 6.92 Å². The quantitative estimate of drug-likeness (QED) is 0.722. The molecule has 1 aromatic rings. The summed E-state index contributed by atoms with van der Waals surface area (Å²) in [6.07, 6.45) is 3.89. The molecule has 3 nitrogen and oxygen atoms in total. The first-order chi connectivity index (χ1) is 6.24. The molecule has 3 N–H and O–H groups in total. The van der Waals surface area contributed by atoms with Crippen LogP contribution >= 0.6 is 11.8 Å². The maximum absolute atomic E-state index is 5.77. The summed E-state index contributed by atoms with van der Waals surface area (Å²) in [6.45, 7) is 2.89. The summed E-state index contributed by atoms with van der Waals surface area (Å²) in [5, 5.41) is 3.18. The van der Waals surface area contributed by atoms with E-state index >= 15 is 0 Å². The van der Waals surface area contributed by atoms with Crippen LogP contribution in [-0.2, 0) is 0 Å². The van der Waals surface area contributed by atoms with Gasteiger partial charge in [0, 0.05) is 18.5 Å². The summed E-state index contributed by atoms with van der Waals surface area (Å²) < 4.78 is 0. The summed E-state index contributed by atoms with van der Waals surface area (Å²) in [5.41, 5.74) is 7.59. The van der Waals surface area contributed by atoms with Gasteiger partial charge < -0.3 is 11.1 Å². The van der Waals surface area contributed by atoms with Crippen molar-refractivity contribution in [2.45, 2.75) is 6.92 Å². The third-order valence-electron chi connectivity index (χ3n) is 1.65. The zero-order valence-electron chi connectivity index (χ0n) is 8.00. The zero-order chi connectivity index (χ0) is 9.68. The lowest BCUT2D eigenvalue weighted by molar-refractivity contribution is 1.16. The van der Waals surface area contributed by atoms with Gasteiger partial charge in [-0.1, -0.05) is 0 Å². The molecule has 0 radical (unpaired) electrons. The lowest BCUT2D eigenvalue weighted by atomic mass is 10.3. The Labute approximate surface area is 83.1 Å². The highest BCUT2D eigenvalue weighted by atomic mass is 32.2. The Morgan fingerprint density at radius 1 is 1.62 bits per heavy atom. The van der Waals surface area contributed by atoms with Crippen LogP contribution < -0.4 is 11.1 Å². The second kappa shape index (κ2) is 4.97. The first kappa shape index (κ1) is 10.2. The molecule has 0 spiro atoms. The Morgan fingerprint density at radius 3 is 3.00 bits per heavy atom. The van der Waals surface area contributed by atoms with Crippen LogP contribution in [0.5, 0.6) is 0 Å². The summed E-state index contributed by atoms with van der Waals surface area (Å²) in [6, 6.07) is 1.93. The van der Waals surface area contributed by atoms with E-state index in [-0.39, 0.29) is 0 Å². The number of pyridine rings is 1. The molecule has 1 aromatic heterocycles. The normalized spacial score (nSPS) is 10.0. The second-order valence-electron chi connectivity index (χ2n) is 2.87. The van der Waals surface area contributed by atoms with Crippen molar-refractivity contribution in [2.24, 2.45) is 0 Å². The van der Waals surface area contributed by atoms with E-state index < -0.39 is 0 Å². The number of nitrogens with two attached hydrogens (primary N) is 1. The molecule has 0 bridgehead atoms. The molecule has 0 unspecified atom stereocenters. The molecule has 0 aliphatic rings. The van der Waals surface area contributed by atoms with Gasteiger partial charge in [0.1, 0.15) is 5.82 Å². The minimum absolute atomic E-state index is 0.723. The van der Waals surface area contributed by atoms with Crippen molar-refractivity contribution in [1.29, 1.82) is 0 Å². The van der Waals surface area contributed by atoms with Gasteiger partial charge in [0.15, 0.2) is 0 Å². The average molecular weight is 197 g/mol. The Hall–Kier alpha value is -0.900. The maximum atomic E-state index is 5.77. The molecule has 0 saturated heterocycles. The summed E-state index contributed by atoms with van der Waals surface area (Å²) in [4.78, 5) is 4.20. The molecular formula is C9H15N3S. The van der Waals surface area contributed by atoms with E-state index in [4.69, 9.17) is 5.73 Å². The smallest absolute Gasteiger partial charge is 0.149 e. The number of nitrogens with one attached hydrogen (secondary N) is 1. The van der Waals surface area contributed by atoms with E-state index in [1.807, 2.05) is 19.2 Å². The van der Waals surface area contributed by atoms with Crippen molar-refractivity contribution in [3.63, 3.8) is 0 Å². The van der Waals surface area contributed by atoms with Gasteiger partial charge in [-0.25, -0.2) is 4.98 Å². The molecule has 0 aromatic carbocycles. The van der Waals surface area contributed by atoms with Crippen molar-refractivity contribution in [3.05, 3.63) is 17.8 Å². The highest BCUT2D eigenvalue weighted by Crippen LogP contribution is 2.15. The van der Waals surface area contributed by atoms with Gasteiger partial charge in [-0.2, -0.15) is 11.8 Å². The van der Waals surface area contributed by atoms with Crippen molar-refractivity contribution in [1.82, 2.24) is 4.98 Å². The number of nitrogens with zero attached hydrogens (tertiary/aromatic N) is 1. The Bertz CT molecular complexity index is 276. The number of rotatable bonds is 4. The second-order valence-corrected chi connectivity index (χ2v) is 3.86. The van der Waals surface area contributed by atoms with E-state index in [9.17, 15) is 0 Å². The van der Waals surface area contributed by atoms with Crippen LogP contribution in [0.15, 0.2) is 12.3 Å². The largest absolute Gasteiger partial charge is 0.396 e. The van der Waals surface area contributed by atoms with E-state index in [2.05, 4.69) is 16.6 Å². The fourth-order valence-corrected chi connectivity index (χ4v) is 1.32. The molecular weight excluding hydrogens is 182 g/mol. The van der Waals surface area contributed by atoms with Crippen molar-refractivity contribution in [2.75, 3.05) is 29.6 Å². The van der Waals surface area contributed by atoms with Gasteiger partial charge >= 0.3 is 0 Å². The van der Waals surface area contributed by atoms with Crippen molar-refractivity contribution < 1.29 is 0 Å². The van der Waals surface area contributed by atoms with Crippen LogP contribution in [0.3, 0.4) is 0 Å². The van der Waals surface area contributed by atoms with Gasteiger partial charge in [0.2, 0.25) is 0 Å². The number of nitrogen functional groups attached to an aromatic ring is 1. The Kier molecular flexibility index (Phi) is 3.89. The summed E-state index contributed by atoms with van der Waals surface area (Å²) in [5.74, 6) is 1.86. The molecule has 0 aliphatic heterocycles. The molecule has 0 atom stereocenters. The Balaban J connectivity index is 2.56. The molecule has 13 heavy (non-hydrogen) atoms. The first-order valence-corrected chi connectivity index (χ1v) is 5.58. The van der Waals surface area contributed by atoms with E-state index in [1.165, 1.54) is 0 Å². The van der Waals surface area contributed by atoms with Gasteiger partial charge in [0.25, 0.3) is 0 Å². The van der Waals surface area contributed by atoms with E-state index in [0.29, 0.717) is 0 Å². The zero-order valence-corrected chi connectivity index (χ0v) is 8.82. The number of thioether (sulfide) groups is 1. The molecule has 0 saturated carbocycles. The lowest BCUT2D eigenvalue weighted by Crippen LogP contribution is -2.07. The predicted molar refractivity (Wildman–Crippen MR) is 60.3 cm³/mol. The van der Waals surface area contributed by atoms with Gasteiger partial charge in [-0.15, -0.1) is 0 Å². The molecule has 72 valence electrons. The van der Waals surface area contributed by atoms with Crippen LogP contribution in [0.25, 0.3) is 0 Å².